The number of rotatable bonds is 14. The second-order valence-corrected chi connectivity index (χ2v) is 18.4. The van der Waals surface area contributed by atoms with Crippen molar-refractivity contribution in [2.45, 2.75) is 50.0 Å². The first kappa shape index (κ1) is 42.0. The quantitative estimate of drug-likeness (QED) is 0.0983. The lowest BCUT2D eigenvalue weighted by Gasteiger charge is -2.51. The summed E-state index contributed by atoms with van der Waals surface area (Å²) in [6, 6.07) is 37.0. The Kier molecular flexibility index (Phi) is 11.5. The molecule has 13 rings (SSSR count). The van der Waals surface area contributed by atoms with Gasteiger partial charge in [-0.05, 0) is 117 Å². The van der Waals surface area contributed by atoms with Crippen LogP contribution in [0, 0.1) is 23.7 Å². The summed E-state index contributed by atoms with van der Waals surface area (Å²) in [5.41, 5.74) is 6.29. The number of aromatic nitrogens is 4. The molecule has 6 aliphatic rings. The second kappa shape index (κ2) is 18.0. The summed E-state index contributed by atoms with van der Waals surface area (Å²) in [6.45, 7) is 12.3. The predicted molar refractivity (Wildman–Crippen MR) is 260 cm³/mol. The van der Waals surface area contributed by atoms with Crippen molar-refractivity contribution in [3.63, 3.8) is 0 Å². The molecule has 0 spiro atoms. The molecule has 6 fully saturated rings. The van der Waals surface area contributed by atoms with Gasteiger partial charge in [0.05, 0.1) is 37.3 Å². The number of hydrogen-bond donors (Lipinski definition) is 0. The molecule has 4 unspecified atom stereocenters. The van der Waals surface area contributed by atoms with Crippen molar-refractivity contribution in [1.82, 2.24) is 29.7 Å². The van der Waals surface area contributed by atoms with Gasteiger partial charge in [0.2, 0.25) is 11.8 Å². The smallest absolute Gasteiger partial charge is 0.229 e. The van der Waals surface area contributed by atoms with E-state index in [9.17, 15) is 0 Å². The number of hydrogen-bond acceptors (Lipinski definition) is 10. The number of fused-ring (bicyclic) bond motifs is 8. The number of pyridine rings is 2. The topological polar surface area (TPSA) is 95.0 Å². The first-order valence-electron chi connectivity index (χ1n) is 23.4. The molecule has 3 aromatic heterocycles. The molecular weight excluding hydrogens is 821 g/mol. The standard InChI is InChI=1S/C56H56N6O4/c1-5-35-33-61-27-23-39(35)29-49(61)52(43-21-25-57-47-19-17-41(63-3)31-45(43)47)65-55-51(37-13-9-7-10-14-37)56(60-54(59-55)38-15-11-8-12-16-38)66-53(50-30-40-24-28-62(50)34-36(40)6-2)44-22-26-58-48-20-18-42(64-4)32-46(44)48/h5-22,25-26,31-32,35-36,39-40,49-50,52-53H,1-2,23-24,27-30,33-34H2,3-4H3/t35?,36?,39-,40-,49-,50-,52+,53+/m0/s1. The number of benzene rings is 4. The fourth-order valence-electron chi connectivity index (χ4n) is 11.5. The molecule has 0 amide bonds. The van der Waals surface area contributed by atoms with Crippen molar-refractivity contribution < 1.29 is 18.9 Å². The second-order valence-electron chi connectivity index (χ2n) is 18.4. The molecule has 6 saturated heterocycles. The number of nitrogens with zero attached hydrogens (tertiary/aromatic N) is 6. The van der Waals surface area contributed by atoms with Gasteiger partial charge < -0.3 is 18.9 Å². The van der Waals surface area contributed by atoms with Crippen LogP contribution in [0.1, 0.15) is 49.0 Å². The first-order chi connectivity index (χ1) is 32.5. The fourth-order valence-corrected chi connectivity index (χ4v) is 11.5. The van der Waals surface area contributed by atoms with Crippen LogP contribution in [0.15, 0.2) is 147 Å². The molecule has 0 saturated carbocycles. The Morgan fingerprint density at radius 3 is 1.48 bits per heavy atom. The van der Waals surface area contributed by atoms with Crippen molar-refractivity contribution >= 4 is 21.8 Å². The average Bonchev–Trinajstić information content (AvgIpc) is 3.39. The summed E-state index contributed by atoms with van der Waals surface area (Å²) in [5, 5.41) is 1.97. The van der Waals surface area contributed by atoms with Crippen LogP contribution in [0.4, 0.5) is 0 Å². The van der Waals surface area contributed by atoms with Crippen LogP contribution in [0.3, 0.4) is 0 Å². The van der Waals surface area contributed by atoms with Gasteiger partial charge in [0.1, 0.15) is 29.3 Å². The van der Waals surface area contributed by atoms with Gasteiger partial charge in [0.25, 0.3) is 0 Å². The monoisotopic (exact) mass is 876 g/mol. The summed E-state index contributed by atoms with van der Waals surface area (Å²) >= 11 is 0. The molecule has 10 atom stereocenters. The maximum Gasteiger partial charge on any atom is 0.229 e. The lowest BCUT2D eigenvalue weighted by atomic mass is 9.73. The molecule has 334 valence electrons. The third-order valence-electron chi connectivity index (χ3n) is 15.0. The van der Waals surface area contributed by atoms with Crippen molar-refractivity contribution in [1.29, 1.82) is 0 Å². The van der Waals surface area contributed by atoms with E-state index in [0.717, 1.165) is 107 Å². The van der Waals surface area contributed by atoms with Crippen LogP contribution in [-0.4, -0.2) is 82.2 Å². The molecule has 10 nitrogen and oxygen atoms in total. The molecule has 9 heterocycles. The van der Waals surface area contributed by atoms with Crippen LogP contribution in [-0.2, 0) is 0 Å². The van der Waals surface area contributed by atoms with Crippen molar-refractivity contribution in [2.24, 2.45) is 23.7 Å². The van der Waals surface area contributed by atoms with Gasteiger partial charge in [-0.25, -0.2) is 0 Å². The van der Waals surface area contributed by atoms with E-state index in [-0.39, 0.29) is 12.1 Å². The SMILES string of the molecule is C=CC1CN2CC[C@H]1C[C@H]2[C@H](Oc1nc(-c2ccccc2)nc(O[C@H](c2ccnc3ccc(OC)cc23)[C@@H]2C[C@@H]3CCN2CC3C=C)c1-c1ccccc1)c1ccnc2ccc(OC)cc12. The van der Waals surface area contributed by atoms with Crippen LogP contribution < -0.4 is 18.9 Å². The highest BCUT2D eigenvalue weighted by Crippen LogP contribution is 2.49. The van der Waals surface area contributed by atoms with Gasteiger partial charge >= 0.3 is 0 Å². The molecule has 66 heavy (non-hydrogen) atoms. The minimum Gasteiger partial charge on any atom is -0.497 e. The van der Waals surface area contributed by atoms with E-state index in [1.54, 1.807) is 14.2 Å². The van der Waals surface area contributed by atoms with E-state index >= 15 is 0 Å². The Balaban J connectivity index is 1.13. The highest BCUT2D eigenvalue weighted by Gasteiger charge is 2.46. The first-order valence-corrected chi connectivity index (χ1v) is 23.4. The molecular formula is C56H56N6O4. The lowest BCUT2D eigenvalue weighted by Crippen LogP contribution is -2.55. The zero-order chi connectivity index (χ0) is 44.7. The van der Waals surface area contributed by atoms with Crippen molar-refractivity contribution in [3.8, 4) is 45.8 Å². The Bertz CT molecular complexity index is 2740. The summed E-state index contributed by atoms with van der Waals surface area (Å²) in [5.74, 6) is 4.84. The average molecular weight is 877 g/mol. The van der Waals surface area contributed by atoms with Crippen molar-refractivity contribution in [3.05, 3.63) is 158 Å². The minimum atomic E-state index is -0.437. The van der Waals surface area contributed by atoms with Crippen molar-refractivity contribution in [2.75, 3.05) is 40.4 Å². The Labute approximate surface area is 387 Å². The van der Waals surface area contributed by atoms with Gasteiger partial charge in [0, 0.05) is 52.9 Å². The van der Waals surface area contributed by atoms with E-state index < -0.39 is 12.2 Å². The highest BCUT2D eigenvalue weighted by atomic mass is 16.5. The van der Waals surface area contributed by atoms with Gasteiger partial charge in [-0.3, -0.25) is 19.8 Å². The third kappa shape index (κ3) is 7.75. The van der Waals surface area contributed by atoms with Crippen LogP contribution in [0.5, 0.6) is 23.3 Å². The molecule has 4 aromatic carbocycles. The third-order valence-corrected chi connectivity index (χ3v) is 15.0. The van der Waals surface area contributed by atoms with Gasteiger partial charge in [-0.2, -0.15) is 9.97 Å². The number of ether oxygens (including phenoxy) is 4. The predicted octanol–water partition coefficient (Wildman–Crippen LogP) is 11.0. The zero-order valence-electron chi connectivity index (χ0n) is 37.7. The van der Waals surface area contributed by atoms with E-state index in [1.807, 2.05) is 73.1 Å². The molecule has 7 aromatic rings. The normalized spacial score (nSPS) is 25.2. The maximum atomic E-state index is 7.73. The summed E-state index contributed by atoms with van der Waals surface area (Å²) in [7, 11) is 3.41. The van der Waals surface area contributed by atoms with Gasteiger partial charge in [0.15, 0.2) is 5.82 Å². The van der Waals surface area contributed by atoms with Crippen LogP contribution in [0.25, 0.3) is 44.3 Å². The van der Waals surface area contributed by atoms with E-state index in [4.69, 9.17) is 38.9 Å². The molecule has 4 bridgehead atoms. The molecule has 0 N–H and O–H groups in total. The van der Waals surface area contributed by atoms with Gasteiger partial charge in [-0.1, -0.05) is 72.8 Å². The summed E-state index contributed by atoms with van der Waals surface area (Å²) in [6.07, 6.45) is 11.4. The van der Waals surface area contributed by atoms with E-state index in [0.29, 0.717) is 46.8 Å². The molecule has 0 radical (unpaired) electrons. The number of methoxy groups -OCH3 is 2. The minimum absolute atomic E-state index is 0.0502. The highest BCUT2D eigenvalue weighted by molar-refractivity contribution is 5.85. The van der Waals surface area contributed by atoms with Crippen LogP contribution in [0.2, 0.25) is 0 Å². The van der Waals surface area contributed by atoms with E-state index in [2.05, 4.69) is 83.6 Å². The molecule has 6 aliphatic heterocycles. The molecule has 0 aliphatic carbocycles. The molecule has 10 heteroatoms. The Hall–Kier alpha value is -6.62. The fraction of sp³-hybridized carbons (Fsp3) is 0.321. The van der Waals surface area contributed by atoms with Crippen LogP contribution >= 0.6 is 0 Å². The van der Waals surface area contributed by atoms with E-state index in [1.165, 1.54) is 0 Å². The Morgan fingerprint density at radius 1 is 0.591 bits per heavy atom. The zero-order valence-corrected chi connectivity index (χ0v) is 37.7. The summed E-state index contributed by atoms with van der Waals surface area (Å²) in [4.78, 5) is 25.7. The number of piperidine rings is 6. The lowest BCUT2D eigenvalue weighted by molar-refractivity contribution is -0.0388. The van der Waals surface area contributed by atoms with Gasteiger partial charge in [-0.15, -0.1) is 13.2 Å². The largest absolute Gasteiger partial charge is 0.497 e. The summed E-state index contributed by atoms with van der Waals surface area (Å²) < 4.78 is 27.1. The Morgan fingerprint density at radius 2 is 1.06 bits per heavy atom. The maximum absolute atomic E-state index is 7.73.